The van der Waals surface area contributed by atoms with E-state index in [1.54, 1.807) is 0 Å². The molecule has 0 saturated heterocycles. The van der Waals surface area contributed by atoms with Gasteiger partial charge in [-0.1, -0.05) is 6.07 Å². The smallest absolute Gasteiger partial charge is 0.324 e. The molecule has 15 heavy (non-hydrogen) atoms. The molecule has 0 aliphatic carbocycles. The summed E-state index contributed by atoms with van der Waals surface area (Å²) in [7, 11) is 0. The van der Waals surface area contributed by atoms with E-state index in [9.17, 15) is 22.0 Å². The third-order valence-corrected chi connectivity index (χ3v) is 1.82. The molecule has 0 aliphatic rings. The summed E-state index contributed by atoms with van der Waals surface area (Å²) in [5, 5.41) is 0. The summed E-state index contributed by atoms with van der Waals surface area (Å²) in [6.45, 7) is 0. The molecule has 1 rings (SSSR count). The Kier molecular flexibility index (Phi) is 3.28. The molecular formula is C9H8F5N. The molecule has 0 saturated carbocycles. The lowest BCUT2D eigenvalue weighted by Crippen LogP contribution is -2.20. The van der Waals surface area contributed by atoms with Crippen molar-refractivity contribution in [2.75, 3.05) is 0 Å². The molecule has 6 heteroatoms. The van der Waals surface area contributed by atoms with Crippen molar-refractivity contribution in [2.24, 2.45) is 5.73 Å². The summed E-state index contributed by atoms with van der Waals surface area (Å²) in [5.74, 6) is -2.32. The molecule has 84 valence electrons. The minimum absolute atomic E-state index is 0.0776. The van der Waals surface area contributed by atoms with Gasteiger partial charge in [-0.05, 0) is 17.7 Å². The first kappa shape index (κ1) is 11.9. The summed E-state index contributed by atoms with van der Waals surface area (Å²) in [6, 6.07) is 1.08. The highest BCUT2D eigenvalue weighted by Crippen LogP contribution is 2.28. The fourth-order valence-corrected chi connectivity index (χ4v) is 1.11. The Hall–Kier alpha value is -1.17. The first-order chi connectivity index (χ1) is 6.79. The topological polar surface area (TPSA) is 26.0 Å². The Bertz CT molecular complexity index is 347. The molecule has 0 amide bonds. The molecule has 0 radical (unpaired) electrons. The van der Waals surface area contributed by atoms with E-state index in [0.29, 0.717) is 6.07 Å². The maximum Gasteiger partial charge on any atom is 0.390 e. The average molecular weight is 225 g/mol. The molecule has 0 aromatic heterocycles. The Labute approximate surface area is 82.7 Å². The predicted octanol–water partition coefficient (Wildman–Crippen LogP) is 2.92. The Morgan fingerprint density at radius 2 is 1.73 bits per heavy atom. The highest BCUT2D eigenvalue weighted by molar-refractivity contribution is 5.21. The van der Waals surface area contributed by atoms with Gasteiger partial charge in [0.2, 0.25) is 0 Å². The molecule has 0 bridgehead atoms. The van der Waals surface area contributed by atoms with Crippen LogP contribution in [0.2, 0.25) is 0 Å². The van der Waals surface area contributed by atoms with Crippen LogP contribution in [-0.4, -0.2) is 6.18 Å². The van der Waals surface area contributed by atoms with E-state index in [2.05, 4.69) is 0 Å². The van der Waals surface area contributed by atoms with Gasteiger partial charge >= 0.3 is 6.18 Å². The zero-order valence-electron chi connectivity index (χ0n) is 7.48. The Balaban J connectivity index is 2.83. The summed E-state index contributed by atoms with van der Waals surface area (Å²) in [5.41, 5.74) is 5.11. The number of hydrogen-bond donors (Lipinski definition) is 1. The number of benzene rings is 1. The van der Waals surface area contributed by atoms with E-state index in [0.717, 1.165) is 12.1 Å². The van der Waals surface area contributed by atoms with E-state index in [1.165, 1.54) is 0 Å². The molecule has 0 unspecified atom stereocenters. The molecule has 0 heterocycles. The van der Waals surface area contributed by atoms with Crippen molar-refractivity contribution in [3.8, 4) is 0 Å². The summed E-state index contributed by atoms with van der Waals surface area (Å²) >= 11 is 0. The second-order valence-electron chi connectivity index (χ2n) is 3.10. The lowest BCUT2D eigenvalue weighted by molar-refractivity contribution is -0.138. The molecule has 0 aliphatic heterocycles. The predicted molar refractivity (Wildman–Crippen MR) is 44.0 cm³/mol. The van der Waals surface area contributed by atoms with Crippen LogP contribution in [0.4, 0.5) is 22.0 Å². The molecule has 0 fully saturated rings. The van der Waals surface area contributed by atoms with Crippen LogP contribution >= 0.6 is 0 Å². The van der Waals surface area contributed by atoms with Gasteiger partial charge in [0.05, 0.1) is 6.42 Å². The second kappa shape index (κ2) is 4.14. The van der Waals surface area contributed by atoms with Crippen LogP contribution in [0.15, 0.2) is 18.2 Å². The van der Waals surface area contributed by atoms with Gasteiger partial charge in [0.25, 0.3) is 0 Å². The highest BCUT2D eigenvalue weighted by atomic mass is 19.4. The average Bonchev–Trinajstić information content (AvgIpc) is 2.06. The van der Waals surface area contributed by atoms with Gasteiger partial charge in [-0.15, -0.1) is 0 Å². The van der Waals surface area contributed by atoms with E-state index in [-0.39, 0.29) is 5.56 Å². The van der Waals surface area contributed by atoms with Crippen molar-refractivity contribution in [3.05, 3.63) is 35.4 Å². The van der Waals surface area contributed by atoms with Gasteiger partial charge in [0.1, 0.15) is 0 Å². The lowest BCUT2D eigenvalue weighted by atomic mass is 10.0. The van der Waals surface area contributed by atoms with Crippen LogP contribution in [0, 0.1) is 11.6 Å². The first-order valence-corrected chi connectivity index (χ1v) is 4.07. The number of rotatable bonds is 2. The van der Waals surface area contributed by atoms with Crippen molar-refractivity contribution in [1.82, 2.24) is 0 Å². The highest BCUT2D eigenvalue weighted by Gasteiger charge is 2.31. The molecule has 1 aromatic carbocycles. The van der Waals surface area contributed by atoms with Gasteiger partial charge in [-0.25, -0.2) is 8.78 Å². The minimum atomic E-state index is -4.43. The molecule has 1 aromatic rings. The van der Waals surface area contributed by atoms with Crippen molar-refractivity contribution >= 4 is 0 Å². The maximum atomic E-state index is 12.7. The van der Waals surface area contributed by atoms with E-state index >= 15 is 0 Å². The van der Waals surface area contributed by atoms with Crippen LogP contribution < -0.4 is 5.73 Å². The molecule has 1 nitrogen and oxygen atoms in total. The Morgan fingerprint density at radius 3 is 2.20 bits per heavy atom. The van der Waals surface area contributed by atoms with E-state index in [1.807, 2.05) is 0 Å². The maximum absolute atomic E-state index is 12.7. The standard InChI is InChI=1S/C9H8F5N/c10-6-2-1-5(3-7(6)11)8(15)4-9(12,13)14/h1-3,8H,4,15H2/t8-/m0/s1. The molecular weight excluding hydrogens is 217 g/mol. The van der Waals surface area contributed by atoms with Crippen LogP contribution in [0.25, 0.3) is 0 Å². The zero-order valence-corrected chi connectivity index (χ0v) is 7.48. The van der Waals surface area contributed by atoms with Crippen molar-refractivity contribution in [2.45, 2.75) is 18.6 Å². The van der Waals surface area contributed by atoms with Gasteiger partial charge in [-0.3, -0.25) is 0 Å². The van der Waals surface area contributed by atoms with Gasteiger partial charge in [0.15, 0.2) is 11.6 Å². The summed E-state index contributed by atoms with van der Waals surface area (Å²) in [4.78, 5) is 0. The van der Waals surface area contributed by atoms with Gasteiger partial charge in [-0.2, -0.15) is 13.2 Å². The fraction of sp³-hybridized carbons (Fsp3) is 0.333. The van der Waals surface area contributed by atoms with E-state index < -0.39 is 30.3 Å². The third-order valence-electron chi connectivity index (χ3n) is 1.82. The fourth-order valence-electron chi connectivity index (χ4n) is 1.11. The number of alkyl halides is 3. The summed E-state index contributed by atoms with van der Waals surface area (Å²) < 4.78 is 60.9. The van der Waals surface area contributed by atoms with Crippen LogP contribution in [-0.2, 0) is 0 Å². The molecule has 2 N–H and O–H groups in total. The lowest BCUT2D eigenvalue weighted by Gasteiger charge is -2.14. The SMILES string of the molecule is N[C@@H](CC(F)(F)F)c1ccc(F)c(F)c1. The third kappa shape index (κ3) is 3.47. The normalized spacial score (nSPS) is 14.0. The number of halogens is 5. The molecule has 1 atom stereocenters. The van der Waals surface area contributed by atoms with Crippen LogP contribution in [0.3, 0.4) is 0 Å². The zero-order chi connectivity index (χ0) is 11.6. The number of nitrogens with two attached hydrogens (primary N) is 1. The van der Waals surface area contributed by atoms with Crippen molar-refractivity contribution in [3.63, 3.8) is 0 Å². The van der Waals surface area contributed by atoms with Crippen LogP contribution in [0.5, 0.6) is 0 Å². The van der Waals surface area contributed by atoms with Crippen molar-refractivity contribution < 1.29 is 22.0 Å². The van der Waals surface area contributed by atoms with Gasteiger partial charge < -0.3 is 5.73 Å². The quantitative estimate of drug-likeness (QED) is 0.769. The monoisotopic (exact) mass is 225 g/mol. The first-order valence-electron chi connectivity index (χ1n) is 4.07. The van der Waals surface area contributed by atoms with E-state index in [4.69, 9.17) is 5.73 Å². The molecule has 0 spiro atoms. The van der Waals surface area contributed by atoms with Crippen molar-refractivity contribution in [1.29, 1.82) is 0 Å². The number of hydrogen-bond acceptors (Lipinski definition) is 1. The van der Waals surface area contributed by atoms with Gasteiger partial charge in [0, 0.05) is 6.04 Å². The Morgan fingerprint density at radius 1 is 1.13 bits per heavy atom. The van der Waals surface area contributed by atoms with Crippen LogP contribution in [0.1, 0.15) is 18.0 Å². The second-order valence-corrected chi connectivity index (χ2v) is 3.10. The largest absolute Gasteiger partial charge is 0.390 e. The summed E-state index contributed by atoms with van der Waals surface area (Å²) in [6.07, 6.45) is -5.69. The minimum Gasteiger partial charge on any atom is -0.324 e.